The lowest BCUT2D eigenvalue weighted by atomic mass is 10.1. The maximum Gasteiger partial charge on any atom is 0.257 e. The van der Waals surface area contributed by atoms with E-state index >= 15 is 0 Å². The molecule has 0 atom stereocenters. The van der Waals surface area contributed by atoms with Crippen molar-refractivity contribution in [1.29, 1.82) is 0 Å². The second kappa shape index (κ2) is 8.27. The molecule has 0 aliphatic rings. The van der Waals surface area contributed by atoms with Gasteiger partial charge >= 0.3 is 0 Å². The molecule has 0 aliphatic heterocycles. The molecule has 0 spiro atoms. The van der Waals surface area contributed by atoms with Crippen LogP contribution in [0.1, 0.15) is 27.2 Å². The van der Waals surface area contributed by atoms with Gasteiger partial charge in [0.2, 0.25) is 5.91 Å². The number of nitrogens with zero attached hydrogens (tertiary/aromatic N) is 1. The van der Waals surface area contributed by atoms with Crippen LogP contribution < -0.4 is 10.6 Å². The number of nitrogens with one attached hydrogen (secondary N) is 2. The van der Waals surface area contributed by atoms with E-state index in [4.69, 9.17) is 0 Å². The molecule has 0 bridgehead atoms. The van der Waals surface area contributed by atoms with E-state index in [2.05, 4.69) is 15.6 Å². The Hall–Kier alpha value is -3.47. The van der Waals surface area contributed by atoms with Gasteiger partial charge in [0.25, 0.3) is 5.91 Å². The Morgan fingerprint density at radius 3 is 1.96 bits per heavy atom. The second-order valence-electron chi connectivity index (χ2n) is 6.41. The Labute approximate surface area is 158 Å². The largest absolute Gasteiger partial charge is 0.326 e. The summed E-state index contributed by atoms with van der Waals surface area (Å²) in [6, 6.07) is 18.4. The Morgan fingerprint density at radius 1 is 0.815 bits per heavy atom. The first-order valence-electron chi connectivity index (χ1n) is 8.70. The van der Waals surface area contributed by atoms with Crippen LogP contribution in [0.5, 0.6) is 0 Å². The molecule has 0 aliphatic carbocycles. The standard InChI is InChI=1S/C22H21N3O2/c1-15-5-9-17(10-6-15)24-21(26)14-20-19(4-3-13-23-20)22(27)25-18-11-7-16(2)8-12-18/h3-13H,14H2,1-2H3,(H,24,26)(H,25,27). The van der Waals surface area contributed by atoms with Crippen LogP contribution in [0, 0.1) is 13.8 Å². The normalized spacial score (nSPS) is 10.3. The zero-order valence-corrected chi connectivity index (χ0v) is 15.3. The minimum atomic E-state index is -0.287. The van der Waals surface area contributed by atoms with E-state index in [1.54, 1.807) is 18.3 Å². The molecule has 0 saturated carbocycles. The van der Waals surface area contributed by atoms with Gasteiger partial charge in [-0.1, -0.05) is 35.4 Å². The van der Waals surface area contributed by atoms with Gasteiger partial charge < -0.3 is 10.6 Å². The summed E-state index contributed by atoms with van der Waals surface area (Å²) in [5.41, 5.74) is 4.47. The molecule has 3 aromatic rings. The van der Waals surface area contributed by atoms with Gasteiger partial charge in [0.1, 0.15) is 0 Å². The number of carbonyl (C=O) groups is 2. The molecule has 136 valence electrons. The number of hydrogen-bond donors (Lipinski definition) is 2. The first-order valence-corrected chi connectivity index (χ1v) is 8.70. The zero-order valence-electron chi connectivity index (χ0n) is 15.3. The summed E-state index contributed by atoms with van der Waals surface area (Å²) in [6.45, 7) is 3.97. The lowest BCUT2D eigenvalue weighted by Gasteiger charge is -2.10. The Bertz CT molecular complexity index is 948. The van der Waals surface area contributed by atoms with Crippen molar-refractivity contribution in [3.63, 3.8) is 0 Å². The molecule has 0 saturated heterocycles. The van der Waals surface area contributed by atoms with Gasteiger partial charge in [-0.3, -0.25) is 14.6 Å². The SMILES string of the molecule is Cc1ccc(NC(=O)Cc2ncccc2C(=O)Nc2ccc(C)cc2)cc1. The summed E-state index contributed by atoms with van der Waals surface area (Å²) in [4.78, 5) is 29.2. The lowest BCUT2D eigenvalue weighted by Crippen LogP contribution is -2.20. The highest BCUT2D eigenvalue weighted by atomic mass is 16.2. The van der Waals surface area contributed by atoms with Gasteiger partial charge in [-0.25, -0.2) is 0 Å². The molecule has 1 heterocycles. The van der Waals surface area contributed by atoms with E-state index in [-0.39, 0.29) is 18.2 Å². The summed E-state index contributed by atoms with van der Waals surface area (Å²) in [6.07, 6.45) is 1.60. The van der Waals surface area contributed by atoms with Crippen molar-refractivity contribution in [1.82, 2.24) is 4.98 Å². The predicted octanol–water partition coefficient (Wildman–Crippen LogP) is 4.13. The molecular weight excluding hydrogens is 338 g/mol. The van der Waals surface area contributed by atoms with E-state index in [0.29, 0.717) is 22.6 Å². The van der Waals surface area contributed by atoms with E-state index in [0.717, 1.165) is 11.1 Å². The van der Waals surface area contributed by atoms with Crippen molar-refractivity contribution >= 4 is 23.2 Å². The minimum absolute atomic E-state index is 0.0192. The minimum Gasteiger partial charge on any atom is -0.326 e. The van der Waals surface area contributed by atoms with Crippen LogP contribution in [0.3, 0.4) is 0 Å². The number of amides is 2. The number of carbonyl (C=O) groups excluding carboxylic acids is 2. The molecular formula is C22H21N3O2. The molecule has 0 fully saturated rings. The quantitative estimate of drug-likeness (QED) is 0.719. The second-order valence-corrected chi connectivity index (χ2v) is 6.41. The van der Waals surface area contributed by atoms with Gasteiger partial charge in [-0.05, 0) is 50.2 Å². The topological polar surface area (TPSA) is 71.1 Å². The zero-order chi connectivity index (χ0) is 19.2. The first-order chi connectivity index (χ1) is 13.0. The number of rotatable bonds is 5. The molecule has 5 nitrogen and oxygen atoms in total. The number of aryl methyl sites for hydroxylation is 2. The van der Waals surface area contributed by atoms with Crippen molar-refractivity contribution in [2.24, 2.45) is 0 Å². The van der Waals surface area contributed by atoms with Crippen LogP contribution in [0.25, 0.3) is 0 Å². The van der Waals surface area contributed by atoms with E-state index in [1.165, 1.54) is 0 Å². The van der Waals surface area contributed by atoms with Crippen molar-refractivity contribution in [3.05, 3.63) is 89.2 Å². The number of pyridine rings is 1. The van der Waals surface area contributed by atoms with Crippen LogP contribution in [-0.4, -0.2) is 16.8 Å². The maximum atomic E-state index is 12.6. The maximum absolute atomic E-state index is 12.6. The third kappa shape index (κ3) is 5.01. The van der Waals surface area contributed by atoms with Gasteiger partial charge in [-0.15, -0.1) is 0 Å². The molecule has 2 N–H and O–H groups in total. The van der Waals surface area contributed by atoms with Crippen LogP contribution in [-0.2, 0) is 11.2 Å². The third-order valence-corrected chi connectivity index (χ3v) is 4.11. The van der Waals surface area contributed by atoms with Crippen LogP contribution in [0.15, 0.2) is 66.9 Å². The predicted molar refractivity (Wildman–Crippen MR) is 107 cm³/mol. The lowest BCUT2D eigenvalue weighted by molar-refractivity contribution is -0.115. The van der Waals surface area contributed by atoms with Gasteiger partial charge in [0.15, 0.2) is 0 Å². The summed E-state index contributed by atoms with van der Waals surface area (Å²) in [7, 11) is 0. The fourth-order valence-electron chi connectivity index (χ4n) is 2.62. The summed E-state index contributed by atoms with van der Waals surface area (Å²) in [5.74, 6) is -0.507. The monoisotopic (exact) mass is 359 g/mol. The Kier molecular flexibility index (Phi) is 5.61. The Morgan fingerprint density at radius 2 is 1.37 bits per heavy atom. The molecule has 0 unspecified atom stereocenters. The number of benzene rings is 2. The summed E-state index contributed by atoms with van der Waals surface area (Å²) >= 11 is 0. The van der Waals surface area contributed by atoms with Crippen molar-refractivity contribution < 1.29 is 9.59 Å². The molecule has 2 aromatic carbocycles. The van der Waals surface area contributed by atoms with Crippen LogP contribution in [0.2, 0.25) is 0 Å². The van der Waals surface area contributed by atoms with Crippen molar-refractivity contribution in [2.45, 2.75) is 20.3 Å². The van der Waals surface area contributed by atoms with Crippen molar-refractivity contribution in [3.8, 4) is 0 Å². The highest BCUT2D eigenvalue weighted by Crippen LogP contribution is 2.14. The fraction of sp³-hybridized carbons (Fsp3) is 0.136. The number of anilines is 2. The summed E-state index contributed by atoms with van der Waals surface area (Å²) < 4.78 is 0. The molecule has 5 heteroatoms. The van der Waals surface area contributed by atoms with Gasteiger partial charge in [0, 0.05) is 17.6 Å². The highest BCUT2D eigenvalue weighted by Gasteiger charge is 2.15. The van der Waals surface area contributed by atoms with E-state index in [9.17, 15) is 9.59 Å². The first kappa shape index (κ1) is 18.3. The molecule has 3 rings (SSSR count). The van der Waals surface area contributed by atoms with E-state index < -0.39 is 0 Å². The number of hydrogen-bond acceptors (Lipinski definition) is 3. The van der Waals surface area contributed by atoms with Gasteiger partial charge in [-0.2, -0.15) is 0 Å². The molecule has 2 amide bonds. The molecule has 0 radical (unpaired) electrons. The highest BCUT2D eigenvalue weighted by molar-refractivity contribution is 6.06. The fourth-order valence-corrected chi connectivity index (χ4v) is 2.62. The summed E-state index contributed by atoms with van der Waals surface area (Å²) in [5, 5.41) is 5.67. The molecule has 1 aromatic heterocycles. The van der Waals surface area contributed by atoms with Crippen LogP contribution in [0.4, 0.5) is 11.4 Å². The smallest absolute Gasteiger partial charge is 0.257 e. The Balaban J connectivity index is 1.71. The van der Waals surface area contributed by atoms with Gasteiger partial charge in [0.05, 0.1) is 17.7 Å². The van der Waals surface area contributed by atoms with E-state index in [1.807, 2.05) is 62.4 Å². The molecule has 27 heavy (non-hydrogen) atoms. The van der Waals surface area contributed by atoms with Crippen molar-refractivity contribution in [2.75, 3.05) is 10.6 Å². The van der Waals surface area contributed by atoms with Crippen LogP contribution >= 0.6 is 0 Å². The average Bonchev–Trinajstić information content (AvgIpc) is 2.66. The average molecular weight is 359 g/mol. The third-order valence-electron chi connectivity index (χ3n) is 4.11. The number of aromatic nitrogens is 1.